The van der Waals surface area contributed by atoms with Gasteiger partial charge in [0.2, 0.25) is 0 Å². The zero-order chi connectivity index (χ0) is 12.6. The van der Waals surface area contributed by atoms with Crippen LogP contribution in [0.4, 0.5) is 0 Å². The smallest absolute Gasteiger partial charge is 0.0774 e. The second-order valence-electron chi connectivity index (χ2n) is 6.24. The standard InChI is InChI=1S/C14H23N3O/c1-11-2-5-14(18,6-3-11)10-17-7-4-13-12(9-17)8-15-16-13/h8,11,18H,2-7,9-10H2,1H3,(H,15,16). The first-order valence-corrected chi connectivity index (χ1v) is 7.10. The van der Waals surface area contributed by atoms with Gasteiger partial charge in [-0.15, -0.1) is 0 Å². The molecule has 0 bridgehead atoms. The molecule has 1 aromatic heterocycles. The lowest BCUT2D eigenvalue weighted by molar-refractivity contribution is -0.0378. The first-order chi connectivity index (χ1) is 8.65. The van der Waals surface area contributed by atoms with Crippen LogP contribution in [0.3, 0.4) is 0 Å². The van der Waals surface area contributed by atoms with E-state index in [-0.39, 0.29) is 0 Å². The number of hydrogen-bond acceptors (Lipinski definition) is 3. The molecular formula is C14H23N3O. The van der Waals surface area contributed by atoms with Crippen molar-refractivity contribution >= 4 is 0 Å². The fourth-order valence-corrected chi connectivity index (χ4v) is 3.29. The number of rotatable bonds is 2. The lowest BCUT2D eigenvalue weighted by Gasteiger charge is -2.39. The molecule has 18 heavy (non-hydrogen) atoms. The third-order valence-corrected chi connectivity index (χ3v) is 4.60. The Bertz CT molecular complexity index is 407. The van der Waals surface area contributed by atoms with Crippen LogP contribution in [0.15, 0.2) is 6.20 Å². The van der Waals surface area contributed by atoms with E-state index in [2.05, 4.69) is 22.0 Å². The van der Waals surface area contributed by atoms with E-state index in [1.54, 1.807) is 0 Å². The quantitative estimate of drug-likeness (QED) is 0.839. The zero-order valence-corrected chi connectivity index (χ0v) is 11.2. The summed E-state index contributed by atoms with van der Waals surface area (Å²) < 4.78 is 0. The molecular weight excluding hydrogens is 226 g/mol. The number of β-amino-alcohol motifs (C(OH)–C–C–N with tert-alkyl or cyclic N) is 1. The van der Waals surface area contributed by atoms with Crippen molar-refractivity contribution < 1.29 is 5.11 Å². The van der Waals surface area contributed by atoms with Crippen molar-refractivity contribution in [2.75, 3.05) is 13.1 Å². The van der Waals surface area contributed by atoms with Crippen molar-refractivity contribution in [3.05, 3.63) is 17.5 Å². The summed E-state index contributed by atoms with van der Waals surface area (Å²) in [5.74, 6) is 0.784. The molecule has 0 spiro atoms. The van der Waals surface area contributed by atoms with Crippen LogP contribution < -0.4 is 0 Å². The van der Waals surface area contributed by atoms with Crippen LogP contribution in [-0.4, -0.2) is 38.9 Å². The maximum atomic E-state index is 10.7. The van der Waals surface area contributed by atoms with E-state index in [0.717, 1.165) is 44.8 Å². The van der Waals surface area contributed by atoms with Gasteiger partial charge in [-0.1, -0.05) is 6.92 Å². The van der Waals surface area contributed by atoms with Crippen LogP contribution >= 0.6 is 0 Å². The van der Waals surface area contributed by atoms with Gasteiger partial charge in [0.1, 0.15) is 0 Å². The van der Waals surface area contributed by atoms with Gasteiger partial charge in [0, 0.05) is 37.3 Å². The number of fused-ring (bicyclic) bond motifs is 1. The van der Waals surface area contributed by atoms with Gasteiger partial charge in [0.05, 0.1) is 11.8 Å². The first-order valence-electron chi connectivity index (χ1n) is 7.10. The summed E-state index contributed by atoms with van der Waals surface area (Å²) in [6, 6.07) is 0. The van der Waals surface area contributed by atoms with E-state index < -0.39 is 5.60 Å². The highest BCUT2D eigenvalue weighted by Gasteiger charge is 2.34. The molecule has 2 N–H and O–H groups in total. The molecule has 0 saturated heterocycles. The Hall–Kier alpha value is -0.870. The minimum atomic E-state index is -0.451. The summed E-state index contributed by atoms with van der Waals surface area (Å²) in [6.07, 6.45) is 7.21. The number of hydrogen-bond donors (Lipinski definition) is 2. The molecule has 1 aliphatic carbocycles. The largest absolute Gasteiger partial charge is 0.389 e. The van der Waals surface area contributed by atoms with Crippen molar-refractivity contribution in [1.29, 1.82) is 0 Å². The number of aromatic amines is 1. The molecule has 0 atom stereocenters. The van der Waals surface area contributed by atoms with Crippen LogP contribution in [0.1, 0.15) is 43.9 Å². The molecule has 100 valence electrons. The monoisotopic (exact) mass is 249 g/mol. The van der Waals surface area contributed by atoms with Gasteiger partial charge in [0.15, 0.2) is 0 Å². The fourth-order valence-electron chi connectivity index (χ4n) is 3.29. The predicted octanol–water partition coefficient (Wildman–Crippen LogP) is 1.71. The van der Waals surface area contributed by atoms with E-state index in [0.29, 0.717) is 0 Å². The maximum absolute atomic E-state index is 10.7. The average Bonchev–Trinajstić information content (AvgIpc) is 2.81. The number of aromatic nitrogens is 2. The zero-order valence-electron chi connectivity index (χ0n) is 11.2. The van der Waals surface area contributed by atoms with Gasteiger partial charge < -0.3 is 5.11 Å². The van der Waals surface area contributed by atoms with Gasteiger partial charge in [-0.05, 0) is 31.6 Å². The molecule has 0 aromatic carbocycles. The molecule has 4 nitrogen and oxygen atoms in total. The van der Waals surface area contributed by atoms with Gasteiger partial charge in [-0.2, -0.15) is 5.10 Å². The average molecular weight is 249 g/mol. The van der Waals surface area contributed by atoms with Crippen LogP contribution in [0.2, 0.25) is 0 Å². The lowest BCUT2D eigenvalue weighted by atomic mass is 9.79. The SMILES string of the molecule is CC1CCC(O)(CN2CCc3[nH]ncc3C2)CC1. The van der Waals surface area contributed by atoms with Crippen molar-refractivity contribution in [1.82, 2.24) is 15.1 Å². The lowest BCUT2D eigenvalue weighted by Crippen LogP contribution is -2.46. The topological polar surface area (TPSA) is 52.1 Å². The number of nitrogens with zero attached hydrogens (tertiary/aromatic N) is 2. The van der Waals surface area contributed by atoms with Gasteiger partial charge in [0.25, 0.3) is 0 Å². The second kappa shape index (κ2) is 4.67. The molecule has 1 saturated carbocycles. The summed E-state index contributed by atoms with van der Waals surface area (Å²) in [4.78, 5) is 2.38. The van der Waals surface area contributed by atoms with Crippen molar-refractivity contribution in [3.63, 3.8) is 0 Å². The molecule has 0 unspecified atom stereocenters. The summed E-state index contributed by atoms with van der Waals surface area (Å²) in [5, 5.41) is 17.8. The van der Waals surface area contributed by atoms with Crippen molar-refractivity contribution in [2.24, 2.45) is 5.92 Å². The molecule has 3 rings (SSSR count). The van der Waals surface area contributed by atoms with Crippen LogP contribution in [0.5, 0.6) is 0 Å². The predicted molar refractivity (Wildman–Crippen MR) is 70.2 cm³/mol. The first kappa shape index (κ1) is 12.2. The minimum absolute atomic E-state index is 0.451. The van der Waals surface area contributed by atoms with Crippen LogP contribution in [-0.2, 0) is 13.0 Å². The molecule has 0 amide bonds. The molecule has 4 heteroatoms. The summed E-state index contributed by atoms with van der Waals surface area (Å²) >= 11 is 0. The Labute approximate surface area is 108 Å². The maximum Gasteiger partial charge on any atom is 0.0774 e. The van der Waals surface area contributed by atoms with E-state index in [1.807, 2.05) is 6.20 Å². The number of H-pyrrole nitrogens is 1. The molecule has 1 aromatic rings. The third-order valence-electron chi connectivity index (χ3n) is 4.60. The Morgan fingerprint density at radius 2 is 2.28 bits per heavy atom. The highest BCUT2D eigenvalue weighted by Crippen LogP contribution is 2.33. The summed E-state index contributed by atoms with van der Waals surface area (Å²) in [6.45, 7) is 5.08. The Balaban J connectivity index is 1.61. The van der Waals surface area contributed by atoms with E-state index >= 15 is 0 Å². The molecule has 2 heterocycles. The highest BCUT2D eigenvalue weighted by molar-refractivity contribution is 5.19. The van der Waals surface area contributed by atoms with Crippen molar-refractivity contribution in [3.8, 4) is 0 Å². The number of aliphatic hydroxyl groups is 1. The van der Waals surface area contributed by atoms with Crippen LogP contribution in [0.25, 0.3) is 0 Å². The second-order valence-corrected chi connectivity index (χ2v) is 6.24. The molecule has 0 radical (unpaired) electrons. The van der Waals surface area contributed by atoms with Crippen LogP contribution in [0, 0.1) is 5.92 Å². The van der Waals surface area contributed by atoms with E-state index in [4.69, 9.17) is 0 Å². The number of nitrogens with one attached hydrogen (secondary N) is 1. The van der Waals surface area contributed by atoms with Gasteiger partial charge in [-0.25, -0.2) is 0 Å². The minimum Gasteiger partial charge on any atom is -0.389 e. The highest BCUT2D eigenvalue weighted by atomic mass is 16.3. The molecule has 2 aliphatic rings. The fraction of sp³-hybridized carbons (Fsp3) is 0.786. The van der Waals surface area contributed by atoms with Gasteiger partial charge in [-0.3, -0.25) is 10.00 Å². The molecule has 1 aliphatic heterocycles. The third kappa shape index (κ3) is 2.45. The van der Waals surface area contributed by atoms with E-state index in [9.17, 15) is 5.11 Å². The normalized spacial score (nSPS) is 33.3. The summed E-state index contributed by atoms with van der Waals surface area (Å²) in [5.41, 5.74) is 2.12. The van der Waals surface area contributed by atoms with E-state index in [1.165, 1.54) is 24.1 Å². The van der Waals surface area contributed by atoms with Crippen molar-refractivity contribution in [2.45, 2.75) is 51.2 Å². The Kier molecular flexibility index (Phi) is 3.16. The Morgan fingerprint density at radius 1 is 1.50 bits per heavy atom. The Morgan fingerprint density at radius 3 is 3.06 bits per heavy atom. The van der Waals surface area contributed by atoms with Gasteiger partial charge >= 0.3 is 0 Å². The molecule has 1 fully saturated rings. The summed E-state index contributed by atoms with van der Waals surface area (Å²) in [7, 11) is 0.